The molecule has 2 aromatic rings. The Morgan fingerprint density at radius 3 is 2.54 bits per heavy atom. The second-order valence-electron chi connectivity index (χ2n) is 5.96. The summed E-state index contributed by atoms with van der Waals surface area (Å²) in [5.41, 5.74) is 1.47. The maximum Gasteiger partial charge on any atom is 0.340 e. The van der Waals surface area contributed by atoms with Crippen molar-refractivity contribution >= 4 is 52.4 Å². The Kier molecular flexibility index (Phi) is 5.72. The van der Waals surface area contributed by atoms with Crippen molar-refractivity contribution in [2.75, 3.05) is 16.8 Å². The Bertz CT molecular complexity index is 1020. The van der Waals surface area contributed by atoms with Gasteiger partial charge in [0.2, 0.25) is 0 Å². The van der Waals surface area contributed by atoms with Crippen LogP contribution in [0.3, 0.4) is 0 Å². The standard InChI is InChI=1S/C20H16Cl2N2O4/c1-3-28-20(27)13-6-4-5-7-15(13)24-18(25)16(22)17(19(24)26)23-14-10-12(21)9-8-11(14)2/h4-10,23H,3H2,1-2H3. The molecule has 0 bridgehead atoms. The van der Waals surface area contributed by atoms with Crippen molar-refractivity contribution in [2.24, 2.45) is 0 Å². The van der Waals surface area contributed by atoms with E-state index in [1.807, 2.05) is 6.92 Å². The van der Waals surface area contributed by atoms with Crippen LogP contribution in [-0.4, -0.2) is 24.4 Å². The van der Waals surface area contributed by atoms with Crippen molar-refractivity contribution in [3.8, 4) is 0 Å². The van der Waals surface area contributed by atoms with E-state index in [-0.39, 0.29) is 28.6 Å². The first-order chi connectivity index (χ1) is 13.3. The van der Waals surface area contributed by atoms with Crippen molar-refractivity contribution in [2.45, 2.75) is 13.8 Å². The maximum absolute atomic E-state index is 13.0. The van der Waals surface area contributed by atoms with E-state index in [1.54, 1.807) is 37.3 Å². The van der Waals surface area contributed by atoms with Crippen LogP contribution in [0.15, 0.2) is 53.2 Å². The molecule has 0 atom stereocenters. The van der Waals surface area contributed by atoms with Gasteiger partial charge in [0.1, 0.15) is 10.7 Å². The average Bonchev–Trinajstić information content (AvgIpc) is 2.88. The van der Waals surface area contributed by atoms with Crippen LogP contribution in [0.1, 0.15) is 22.8 Å². The van der Waals surface area contributed by atoms with Gasteiger partial charge in [-0.1, -0.05) is 41.4 Å². The lowest BCUT2D eigenvalue weighted by Gasteiger charge is -2.18. The normalized spacial score (nSPS) is 13.9. The molecule has 2 amide bonds. The topological polar surface area (TPSA) is 75.7 Å². The number of nitrogens with one attached hydrogen (secondary N) is 1. The molecule has 1 heterocycles. The van der Waals surface area contributed by atoms with E-state index in [9.17, 15) is 14.4 Å². The van der Waals surface area contributed by atoms with E-state index in [1.165, 1.54) is 12.1 Å². The number of aryl methyl sites for hydroxylation is 1. The molecular weight excluding hydrogens is 403 g/mol. The van der Waals surface area contributed by atoms with E-state index in [4.69, 9.17) is 27.9 Å². The minimum Gasteiger partial charge on any atom is -0.462 e. The Morgan fingerprint density at radius 1 is 1.11 bits per heavy atom. The predicted octanol–water partition coefficient (Wildman–Crippen LogP) is 4.26. The maximum atomic E-state index is 13.0. The van der Waals surface area contributed by atoms with Gasteiger partial charge in [-0.05, 0) is 43.7 Å². The smallest absolute Gasteiger partial charge is 0.340 e. The lowest BCUT2D eigenvalue weighted by atomic mass is 10.1. The summed E-state index contributed by atoms with van der Waals surface area (Å²) in [6.45, 7) is 3.65. The molecule has 8 heteroatoms. The number of anilines is 2. The molecule has 1 aliphatic heterocycles. The van der Waals surface area contributed by atoms with Crippen LogP contribution >= 0.6 is 23.2 Å². The van der Waals surface area contributed by atoms with Crippen LogP contribution in [0.4, 0.5) is 11.4 Å². The van der Waals surface area contributed by atoms with E-state index in [0.717, 1.165) is 10.5 Å². The third kappa shape index (κ3) is 3.61. The highest BCUT2D eigenvalue weighted by molar-refractivity contribution is 6.53. The van der Waals surface area contributed by atoms with Crippen LogP contribution in [-0.2, 0) is 14.3 Å². The predicted molar refractivity (Wildman–Crippen MR) is 108 cm³/mol. The van der Waals surface area contributed by atoms with E-state index < -0.39 is 17.8 Å². The van der Waals surface area contributed by atoms with Crippen LogP contribution in [0.25, 0.3) is 0 Å². The molecule has 3 rings (SSSR count). The molecule has 0 spiro atoms. The molecule has 144 valence electrons. The summed E-state index contributed by atoms with van der Waals surface area (Å²) in [6.07, 6.45) is 0. The number of hydrogen-bond donors (Lipinski definition) is 1. The van der Waals surface area contributed by atoms with Gasteiger partial charge in [-0.25, -0.2) is 9.69 Å². The first-order valence-electron chi connectivity index (χ1n) is 8.43. The molecule has 0 aromatic heterocycles. The number of carbonyl (C=O) groups is 3. The fourth-order valence-corrected chi connectivity index (χ4v) is 3.13. The highest BCUT2D eigenvalue weighted by atomic mass is 35.5. The van der Waals surface area contributed by atoms with E-state index in [2.05, 4.69) is 5.32 Å². The number of nitrogens with zero attached hydrogens (tertiary/aromatic N) is 1. The van der Waals surface area contributed by atoms with Gasteiger partial charge in [0.25, 0.3) is 11.8 Å². The summed E-state index contributed by atoms with van der Waals surface area (Å²) in [5.74, 6) is -2.04. The van der Waals surface area contributed by atoms with Gasteiger partial charge < -0.3 is 10.1 Å². The molecule has 0 saturated heterocycles. The lowest BCUT2D eigenvalue weighted by molar-refractivity contribution is -0.120. The molecule has 0 fully saturated rings. The third-order valence-corrected chi connectivity index (χ3v) is 4.71. The van der Waals surface area contributed by atoms with Gasteiger partial charge in [-0.3, -0.25) is 9.59 Å². The number of carbonyl (C=O) groups excluding carboxylic acids is 3. The number of benzene rings is 2. The van der Waals surface area contributed by atoms with Crippen LogP contribution in [0.5, 0.6) is 0 Å². The molecule has 1 aliphatic rings. The summed E-state index contributed by atoms with van der Waals surface area (Å²) >= 11 is 12.2. The molecule has 28 heavy (non-hydrogen) atoms. The lowest BCUT2D eigenvalue weighted by Crippen LogP contribution is -2.33. The molecule has 0 saturated carbocycles. The number of halogens is 2. The third-order valence-electron chi connectivity index (χ3n) is 4.13. The van der Waals surface area contributed by atoms with Crippen molar-refractivity contribution in [1.82, 2.24) is 0 Å². The molecule has 6 nitrogen and oxygen atoms in total. The van der Waals surface area contributed by atoms with Crippen molar-refractivity contribution in [3.63, 3.8) is 0 Å². The van der Waals surface area contributed by atoms with Gasteiger partial charge >= 0.3 is 5.97 Å². The Hall–Kier alpha value is -2.83. The summed E-state index contributed by atoms with van der Waals surface area (Å²) < 4.78 is 5.01. The van der Waals surface area contributed by atoms with Crippen LogP contribution in [0, 0.1) is 6.92 Å². The highest BCUT2D eigenvalue weighted by Gasteiger charge is 2.40. The molecular formula is C20H16Cl2N2O4. The average molecular weight is 419 g/mol. The number of esters is 1. The minimum absolute atomic E-state index is 0.0873. The SMILES string of the molecule is CCOC(=O)c1ccccc1N1C(=O)C(Cl)=C(Nc2cc(Cl)ccc2C)C1=O. The zero-order valence-electron chi connectivity index (χ0n) is 15.1. The molecule has 0 radical (unpaired) electrons. The summed E-state index contributed by atoms with van der Waals surface area (Å²) in [7, 11) is 0. The summed E-state index contributed by atoms with van der Waals surface area (Å²) in [5, 5.41) is 3.08. The quantitative estimate of drug-likeness (QED) is 0.579. The van der Waals surface area contributed by atoms with Crippen LogP contribution in [0.2, 0.25) is 5.02 Å². The van der Waals surface area contributed by atoms with Crippen molar-refractivity contribution in [3.05, 3.63) is 69.3 Å². The van der Waals surface area contributed by atoms with Crippen LogP contribution < -0.4 is 10.2 Å². The van der Waals surface area contributed by atoms with E-state index in [0.29, 0.717) is 10.7 Å². The number of para-hydroxylation sites is 1. The van der Waals surface area contributed by atoms with Crippen molar-refractivity contribution in [1.29, 1.82) is 0 Å². The number of hydrogen-bond acceptors (Lipinski definition) is 5. The van der Waals surface area contributed by atoms with Gasteiger partial charge in [0.15, 0.2) is 0 Å². The van der Waals surface area contributed by atoms with Gasteiger partial charge in [0.05, 0.1) is 17.9 Å². The summed E-state index contributed by atoms with van der Waals surface area (Å²) in [4.78, 5) is 38.8. The first kappa shape index (κ1) is 19.9. The number of rotatable bonds is 5. The number of ether oxygens (including phenoxy) is 1. The largest absolute Gasteiger partial charge is 0.462 e. The monoisotopic (exact) mass is 418 g/mol. The van der Waals surface area contributed by atoms with Gasteiger partial charge in [-0.15, -0.1) is 0 Å². The minimum atomic E-state index is -0.731. The second-order valence-corrected chi connectivity index (χ2v) is 6.77. The molecule has 0 aliphatic carbocycles. The fourth-order valence-electron chi connectivity index (χ4n) is 2.74. The van der Waals surface area contributed by atoms with Gasteiger partial charge in [-0.2, -0.15) is 0 Å². The Morgan fingerprint density at radius 2 is 1.82 bits per heavy atom. The van der Waals surface area contributed by atoms with E-state index >= 15 is 0 Å². The fraction of sp³-hybridized carbons (Fsp3) is 0.150. The zero-order valence-corrected chi connectivity index (χ0v) is 16.6. The second kappa shape index (κ2) is 8.04. The highest BCUT2D eigenvalue weighted by Crippen LogP contribution is 2.33. The van der Waals surface area contributed by atoms with Gasteiger partial charge in [0, 0.05) is 10.7 Å². The molecule has 0 unspecified atom stereocenters. The first-order valence-corrected chi connectivity index (χ1v) is 9.18. The zero-order chi connectivity index (χ0) is 20.4. The Labute approximate surface area is 171 Å². The number of imide groups is 1. The number of amides is 2. The van der Waals surface area contributed by atoms with Crippen molar-refractivity contribution < 1.29 is 19.1 Å². The summed E-state index contributed by atoms with van der Waals surface area (Å²) in [6, 6.07) is 11.3. The molecule has 1 N–H and O–H groups in total. The Balaban J connectivity index is 1.98. The molecule has 2 aromatic carbocycles.